The fourth-order valence-electron chi connectivity index (χ4n) is 6.21. The third-order valence-corrected chi connectivity index (χ3v) is 19.0. The number of fused-ring (bicyclic) bond motifs is 9. The molecule has 0 saturated carbocycles. The van der Waals surface area contributed by atoms with Gasteiger partial charge in [-0.1, -0.05) is 0 Å². The fourth-order valence-corrected chi connectivity index (χ4v) is 20.2. The zero-order valence-electron chi connectivity index (χ0n) is 19.9. The fraction of sp³-hybridized carbons (Fsp3) is 0. The molecule has 2 aliphatic rings. The first-order valence-corrected chi connectivity index (χ1v) is 17.6. The number of pyridine rings is 2. The number of hydrogen-bond acceptors (Lipinski definition) is 2. The maximum atomic E-state index is 4.81. The topological polar surface area (TPSA) is 30.7 Å². The van der Waals surface area contributed by atoms with Gasteiger partial charge in [-0.25, -0.2) is 0 Å². The first kappa shape index (κ1) is 21.4. The molecule has 1 spiro atoms. The normalized spacial score (nSPS) is 14.1. The van der Waals surface area contributed by atoms with Crippen molar-refractivity contribution in [3.63, 3.8) is 0 Å². The molecule has 0 unspecified atom stereocenters. The molecule has 3 nitrogen and oxygen atoms in total. The first-order chi connectivity index (χ1) is 18.4. The van der Waals surface area contributed by atoms with Crippen molar-refractivity contribution in [3.05, 3.63) is 128 Å². The Morgan fingerprint density at radius 3 is 1.89 bits per heavy atom. The second-order valence-corrected chi connectivity index (χ2v) is 17.0. The molecule has 2 aliphatic heterocycles. The average molecular weight is 685 g/mol. The quantitative estimate of drug-likeness (QED) is 0.262. The molecule has 0 atom stereocenters. The second kappa shape index (κ2) is 8.18. The van der Waals surface area contributed by atoms with Crippen LogP contribution in [0.5, 0.6) is 0 Å². The summed E-state index contributed by atoms with van der Waals surface area (Å²) in [6, 6.07) is 40.2. The van der Waals surface area contributed by atoms with Crippen molar-refractivity contribution < 1.29 is 0 Å². The molecule has 0 radical (unpaired) electrons. The van der Waals surface area contributed by atoms with Gasteiger partial charge in [0.05, 0.1) is 0 Å². The van der Waals surface area contributed by atoms with Gasteiger partial charge < -0.3 is 0 Å². The standard InChI is InChI=1S/C32H21N3Si.Po/c1-3-15-30-27(12-1)28-13-2-4-16-31(28)36(30,26-18-21-35(23-26)32-17-6-8-20-34-32)25-11-9-10-24(22-25)29-14-5-7-19-33-29;/h1-21H;. The van der Waals surface area contributed by atoms with Gasteiger partial charge >= 0.3 is 229 Å². The predicted molar refractivity (Wildman–Crippen MR) is 154 cm³/mol. The van der Waals surface area contributed by atoms with Crippen LogP contribution in [0, 0.1) is 0 Å². The van der Waals surface area contributed by atoms with E-state index in [2.05, 4.69) is 108 Å². The third-order valence-electron chi connectivity index (χ3n) is 7.65. The van der Waals surface area contributed by atoms with Gasteiger partial charge in [-0.2, -0.15) is 0 Å². The Hall–Kier alpha value is -3.65. The van der Waals surface area contributed by atoms with Crippen molar-refractivity contribution >= 4 is 59.0 Å². The third kappa shape index (κ3) is 2.90. The summed E-state index contributed by atoms with van der Waals surface area (Å²) >= 11 is -1.18. The molecule has 8 rings (SSSR count). The van der Waals surface area contributed by atoms with Crippen LogP contribution in [-0.2, 0) is 0 Å². The van der Waals surface area contributed by atoms with Crippen LogP contribution in [0.1, 0.15) is 0 Å². The van der Waals surface area contributed by atoms with Crippen LogP contribution in [0.15, 0.2) is 128 Å². The Morgan fingerprint density at radius 2 is 1.19 bits per heavy atom. The minimum absolute atomic E-state index is 1.01. The molecule has 5 heterocycles. The van der Waals surface area contributed by atoms with E-state index in [1.54, 1.807) is 13.6 Å². The Kier molecular flexibility index (Phi) is 4.74. The number of rotatable bonds is 2. The molecule has 3 aromatic heterocycles. The van der Waals surface area contributed by atoms with E-state index >= 15 is 0 Å². The van der Waals surface area contributed by atoms with Crippen LogP contribution in [0.25, 0.3) is 28.2 Å². The summed E-state index contributed by atoms with van der Waals surface area (Å²) < 4.78 is 5.45. The van der Waals surface area contributed by atoms with Gasteiger partial charge in [0.15, 0.2) is 0 Å². The van der Waals surface area contributed by atoms with Crippen LogP contribution in [0.4, 0.5) is 0 Å². The van der Waals surface area contributed by atoms with E-state index < -0.39 is 31.6 Å². The number of nitrogens with zero attached hydrogens (tertiary/aromatic N) is 3. The first-order valence-electron chi connectivity index (χ1n) is 12.4. The molecule has 37 heavy (non-hydrogen) atoms. The summed E-state index contributed by atoms with van der Waals surface area (Å²) in [6.45, 7) is 0. The zero-order valence-corrected chi connectivity index (χ0v) is 24.0. The monoisotopic (exact) mass is 684 g/mol. The van der Waals surface area contributed by atoms with E-state index in [9.17, 15) is 0 Å². The molecular weight excluding hydrogens is 663 g/mol. The van der Waals surface area contributed by atoms with E-state index in [-0.39, 0.29) is 0 Å². The molecule has 5 heteroatoms. The molecule has 0 amide bonds. The number of hydrogen-bond donors (Lipinski definition) is 0. The Labute approximate surface area is 228 Å². The predicted octanol–water partition coefficient (Wildman–Crippen LogP) is 2.26. The van der Waals surface area contributed by atoms with Crippen molar-refractivity contribution in [2.45, 2.75) is 0 Å². The van der Waals surface area contributed by atoms with Crippen molar-refractivity contribution in [2.75, 3.05) is 0 Å². The molecule has 0 aliphatic carbocycles. The molecule has 6 aromatic rings. The van der Waals surface area contributed by atoms with Crippen LogP contribution in [-0.4, -0.2) is 46.2 Å². The Balaban J connectivity index is 1.53. The van der Waals surface area contributed by atoms with Crippen LogP contribution >= 0.6 is 0 Å². The average Bonchev–Trinajstić information content (AvgIpc) is 3.53. The van der Waals surface area contributed by atoms with E-state index in [1.165, 1.54) is 30.4 Å². The molecule has 0 bridgehead atoms. The summed E-state index contributed by atoms with van der Waals surface area (Å²) in [5, 5.41) is 6.12. The summed E-state index contributed by atoms with van der Waals surface area (Å²) in [5.74, 6) is 1.01. The Morgan fingerprint density at radius 1 is 0.541 bits per heavy atom. The minimum atomic E-state index is -2.51. The maximum absolute atomic E-state index is 4.81. The van der Waals surface area contributed by atoms with Crippen LogP contribution in [0.2, 0.25) is 0 Å². The number of aromatic nitrogens is 3. The summed E-state index contributed by atoms with van der Waals surface area (Å²) in [6.07, 6.45) is 6.09. The van der Waals surface area contributed by atoms with E-state index in [1.807, 2.05) is 24.5 Å². The van der Waals surface area contributed by atoms with Gasteiger partial charge in [0.25, 0.3) is 0 Å². The van der Waals surface area contributed by atoms with Gasteiger partial charge in [-0.3, -0.25) is 0 Å². The summed E-state index contributed by atoms with van der Waals surface area (Å²) in [4.78, 5) is 9.57. The molecule has 174 valence electrons. The van der Waals surface area contributed by atoms with E-state index in [4.69, 9.17) is 9.97 Å². The molecule has 3 aromatic carbocycles. The van der Waals surface area contributed by atoms with Crippen LogP contribution < -0.4 is 27.3 Å². The van der Waals surface area contributed by atoms with E-state index in [0.29, 0.717) is 0 Å². The van der Waals surface area contributed by atoms with E-state index in [0.717, 1.165) is 11.5 Å². The van der Waals surface area contributed by atoms with Gasteiger partial charge in [-0.15, -0.1) is 0 Å². The van der Waals surface area contributed by atoms with Crippen molar-refractivity contribution in [1.29, 1.82) is 0 Å². The summed E-state index contributed by atoms with van der Waals surface area (Å²) in [7, 11) is -2.51. The number of benzene rings is 3. The Bertz CT molecular complexity index is 1770. The van der Waals surface area contributed by atoms with Crippen molar-refractivity contribution in [2.24, 2.45) is 0 Å². The van der Waals surface area contributed by atoms with Gasteiger partial charge in [0.1, 0.15) is 0 Å². The molecular formula is C32H21N3PoSi. The van der Waals surface area contributed by atoms with Crippen molar-refractivity contribution in [1.82, 2.24) is 14.5 Å². The molecule has 0 saturated heterocycles. The molecule has 0 N–H and O–H groups in total. The van der Waals surface area contributed by atoms with Crippen LogP contribution in [0.3, 0.4) is 0 Å². The summed E-state index contributed by atoms with van der Waals surface area (Å²) in [5.41, 5.74) is 5.16. The zero-order chi connectivity index (χ0) is 24.4. The van der Waals surface area contributed by atoms with Gasteiger partial charge in [0, 0.05) is 0 Å². The SMILES string of the molecule is c1ccc(-c2cccc3[c]2[Po][c]2c(ccn2-c2ccccn2)[Si]32c3ccccc3-c3ccccc32)nc1. The van der Waals surface area contributed by atoms with Gasteiger partial charge in [-0.05, 0) is 0 Å². The van der Waals surface area contributed by atoms with Crippen molar-refractivity contribution in [3.8, 4) is 28.2 Å². The van der Waals surface area contributed by atoms with Gasteiger partial charge in [0.2, 0.25) is 0 Å². The molecule has 0 fully saturated rings. The second-order valence-electron chi connectivity index (χ2n) is 9.43.